The molecule has 1 N–H and O–H groups in total. The Labute approximate surface area is 129 Å². The van der Waals surface area contributed by atoms with Crippen molar-refractivity contribution in [2.75, 3.05) is 5.32 Å². The lowest BCUT2D eigenvalue weighted by Gasteiger charge is -2.07. The fourth-order valence-electron chi connectivity index (χ4n) is 2.37. The molecule has 0 fully saturated rings. The summed E-state index contributed by atoms with van der Waals surface area (Å²) in [5, 5.41) is 3.90. The van der Waals surface area contributed by atoms with Crippen LogP contribution in [0.1, 0.15) is 11.1 Å². The van der Waals surface area contributed by atoms with Crippen LogP contribution >= 0.6 is 0 Å². The number of pyridine rings is 1. The van der Waals surface area contributed by atoms with Gasteiger partial charge in [0.25, 0.3) is 0 Å². The first-order chi connectivity index (χ1) is 10.8. The van der Waals surface area contributed by atoms with Crippen molar-refractivity contribution in [1.82, 2.24) is 4.98 Å². The molecule has 3 aromatic rings. The van der Waals surface area contributed by atoms with Gasteiger partial charge in [-0.15, -0.1) is 6.42 Å². The second-order valence-corrected chi connectivity index (χ2v) is 4.94. The maximum atomic E-state index is 12.2. The van der Waals surface area contributed by atoms with Crippen LogP contribution in [0.2, 0.25) is 0 Å². The van der Waals surface area contributed by atoms with E-state index in [1.165, 1.54) is 0 Å². The molecule has 0 saturated heterocycles. The van der Waals surface area contributed by atoms with Crippen molar-refractivity contribution in [2.24, 2.45) is 0 Å². The minimum absolute atomic E-state index is 0.0904. The number of fused-ring (bicyclic) bond motifs is 1. The number of anilines is 1. The van der Waals surface area contributed by atoms with Crippen molar-refractivity contribution in [3.05, 3.63) is 71.9 Å². The molecule has 3 rings (SSSR count). The number of amides is 1. The Bertz CT molecular complexity index is 872. The summed E-state index contributed by atoms with van der Waals surface area (Å²) in [6.45, 7) is 0. The minimum atomic E-state index is -0.0904. The first-order valence-electron chi connectivity index (χ1n) is 6.95. The van der Waals surface area contributed by atoms with E-state index in [0.717, 1.165) is 22.0 Å². The molecule has 22 heavy (non-hydrogen) atoms. The molecule has 1 amide bonds. The van der Waals surface area contributed by atoms with Crippen LogP contribution in [0.25, 0.3) is 10.9 Å². The van der Waals surface area contributed by atoms with Crippen molar-refractivity contribution in [3.63, 3.8) is 0 Å². The number of terminal acetylenes is 1. The molecule has 1 heterocycles. The summed E-state index contributed by atoms with van der Waals surface area (Å²) >= 11 is 0. The summed E-state index contributed by atoms with van der Waals surface area (Å²) in [5.74, 6) is 2.46. The Morgan fingerprint density at radius 3 is 2.82 bits per heavy atom. The molecule has 0 radical (unpaired) electrons. The number of hydrogen-bond donors (Lipinski definition) is 1. The Kier molecular flexibility index (Phi) is 3.84. The smallest absolute Gasteiger partial charge is 0.228 e. The van der Waals surface area contributed by atoms with Crippen LogP contribution in [0.4, 0.5) is 5.69 Å². The summed E-state index contributed by atoms with van der Waals surface area (Å²) in [6, 6.07) is 17.0. The topological polar surface area (TPSA) is 42.0 Å². The lowest BCUT2D eigenvalue weighted by molar-refractivity contribution is -0.115. The second kappa shape index (κ2) is 6.11. The van der Waals surface area contributed by atoms with Gasteiger partial charge in [0.05, 0.1) is 11.9 Å². The standard InChI is InChI=1S/C19H14N2O/c1-2-14-6-3-10-17(12-14)21-18(22)13-16-8-4-7-15-9-5-11-20-19(15)16/h1,3-12H,13H2,(H,21,22). The number of aromatic nitrogens is 1. The molecular formula is C19H14N2O. The van der Waals surface area contributed by atoms with Gasteiger partial charge in [-0.2, -0.15) is 0 Å². The van der Waals surface area contributed by atoms with E-state index in [-0.39, 0.29) is 12.3 Å². The van der Waals surface area contributed by atoms with Crippen molar-refractivity contribution >= 4 is 22.5 Å². The van der Waals surface area contributed by atoms with Crippen LogP contribution in [-0.2, 0) is 11.2 Å². The van der Waals surface area contributed by atoms with Gasteiger partial charge in [-0.1, -0.05) is 36.3 Å². The van der Waals surface area contributed by atoms with Crippen LogP contribution < -0.4 is 5.32 Å². The fraction of sp³-hybridized carbons (Fsp3) is 0.0526. The second-order valence-electron chi connectivity index (χ2n) is 4.94. The van der Waals surface area contributed by atoms with Crippen molar-refractivity contribution in [1.29, 1.82) is 0 Å². The van der Waals surface area contributed by atoms with E-state index >= 15 is 0 Å². The molecule has 3 nitrogen and oxygen atoms in total. The van der Waals surface area contributed by atoms with Gasteiger partial charge < -0.3 is 5.32 Å². The van der Waals surface area contributed by atoms with Crippen LogP contribution in [-0.4, -0.2) is 10.9 Å². The highest BCUT2D eigenvalue weighted by Crippen LogP contribution is 2.17. The molecule has 1 aromatic heterocycles. The summed E-state index contributed by atoms with van der Waals surface area (Å²) in [5.41, 5.74) is 3.21. The molecule has 0 unspecified atom stereocenters. The van der Waals surface area contributed by atoms with Gasteiger partial charge >= 0.3 is 0 Å². The first-order valence-corrected chi connectivity index (χ1v) is 6.95. The van der Waals surface area contributed by atoms with E-state index < -0.39 is 0 Å². The highest BCUT2D eigenvalue weighted by Gasteiger charge is 2.08. The molecule has 0 aliphatic carbocycles. The number of benzene rings is 2. The summed E-state index contributed by atoms with van der Waals surface area (Å²) < 4.78 is 0. The number of nitrogens with zero attached hydrogens (tertiary/aromatic N) is 1. The molecule has 0 bridgehead atoms. The van der Waals surface area contributed by atoms with Gasteiger partial charge in [-0.3, -0.25) is 9.78 Å². The summed E-state index contributed by atoms with van der Waals surface area (Å²) in [6.07, 6.45) is 7.37. The van der Waals surface area contributed by atoms with Gasteiger partial charge in [0.1, 0.15) is 0 Å². The predicted octanol–water partition coefficient (Wildman–Crippen LogP) is 3.40. The van der Waals surface area contributed by atoms with Crippen LogP contribution in [0.5, 0.6) is 0 Å². The molecule has 0 aliphatic rings. The average molecular weight is 286 g/mol. The SMILES string of the molecule is C#Cc1cccc(NC(=O)Cc2cccc3cccnc23)c1. The van der Waals surface area contributed by atoms with Gasteiger partial charge in [0, 0.05) is 22.8 Å². The molecule has 2 aromatic carbocycles. The third-order valence-electron chi connectivity index (χ3n) is 3.38. The maximum absolute atomic E-state index is 12.2. The van der Waals surface area contributed by atoms with E-state index in [1.54, 1.807) is 12.3 Å². The third kappa shape index (κ3) is 2.97. The molecule has 106 valence electrons. The van der Waals surface area contributed by atoms with Crippen molar-refractivity contribution in [2.45, 2.75) is 6.42 Å². The number of carbonyl (C=O) groups excluding carboxylic acids is 1. The number of hydrogen-bond acceptors (Lipinski definition) is 2. The Hall–Kier alpha value is -3.12. The average Bonchev–Trinajstić information content (AvgIpc) is 2.55. The zero-order valence-electron chi connectivity index (χ0n) is 11.9. The minimum Gasteiger partial charge on any atom is -0.326 e. The molecule has 0 saturated carbocycles. The molecule has 0 atom stereocenters. The fourth-order valence-corrected chi connectivity index (χ4v) is 2.37. The lowest BCUT2D eigenvalue weighted by atomic mass is 10.1. The number of carbonyl (C=O) groups is 1. The molecular weight excluding hydrogens is 272 g/mol. The van der Waals surface area contributed by atoms with Gasteiger partial charge in [-0.25, -0.2) is 0 Å². The number of rotatable bonds is 3. The van der Waals surface area contributed by atoms with Gasteiger partial charge in [0.15, 0.2) is 0 Å². The normalized spacial score (nSPS) is 10.1. The predicted molar refractivity (Wildman–Crippen MR) is 88.5 cm³/mol. The van der Waals surface area contributed by atoms with Crippen LogP contribution in [0.15, 0.2) is 60.8 Å². The van der Waals surface area contributed by atoms with E-state index in [1.807, 2.05) is 48.5 Å². The zero-order chi connectivity index (χ0) is 15.4. The molecule has 3 heteroatoms. The Balaban J connectivity index is 1.80. The van der Waals surface area contributed by atoms with Crippen LogP contribution in [0.3, 0.4) is 0 Å². The zero-order valence-corrected chi connectivity index (χ0v) is 11.9. The largest absolute Gasteiger partial charge is 0.326 e. The maximum Gasteiger partial charge on any atom is 0.228 e. The Morgan fingerprint density at radius 2 is 1.95 bits per heavy atom. The lowest BCUT2D eigenvalue weighted by Crippen LogP contribution is -2.14. The van der Waals surface area contributed by atoms with Crippen molar-refractivity contribution < 1.29 is 4.79 Å². The first kappa shape index (κ1) is 13.8. The summed E-state index contributed by atoms with van der Waals surface area (Å²) in [7, 11) is 0. The molecule has 0 aliphatic heterocycles. The summed E-state index contributed by atoms with van der Waals surface area (Å²) in [4.78, 5) is 16.6. The van der Waals surface area contributed by atoms with Crippen molar-refractivity contribution in [3.8, 4) is 12.3 Å². The highest BCUT2D eigenvalue weighted by molar-refractivity contribution is 5.95. The number of nitrogens with one attached hydrogen (secondary N) is 1. The molecule has 0 spiro atoms. The van der Waals surface area contributed by atoms with Crippen LogP contribution in [0, 0.1) is 12.3 Å². The van der Waals surface area contributed by atoms with Gasteiger partial charge in [0.2, 0.25) is 5.91 Å². The quantitative estimate of drug-likeness (QED) is 0.750. The highest BCUT2D eigenvalue weighted by atomic mass is 16.1. The van der Waals surface area contributed by atoms with E-state index in [2.05, 4.69) is 16.2 Å². The van der Waals surface area contributed by atoms with E-state index in [4.69, 9.17) is 6.42 Å². The Morgan fingerprint density at radius 1 is 1.14 bits per heavy atom. The number of para-hydroxylation sites is 1. The third-order valence-corrected chi connectivity index (χ3v) is 3.38. The van der Waals surface area contributed by atoms with Gasteiger partial charge in [-0.05, 0) is 29.8 Å². The van der Waals surface area contributed by atoms with E-state index in [0.29, 0.717) is 5.69 Å². The van der Waals surface area contributed by atoms with E-state index in [9.17, 15) is 4.79 Å². The monoisotopic (exact) mass is 286 g/mol.